The number of hydrogen-bond donors (Lipinski definition) is 1. The van der Waals surface area contributed by atoms with Gasteiger partial charge >= 0.3 is 0 Å². The van der Waals surface area contributed by atoms with Crippen LogP contribution in [0.1, 0.15) is 25.8 Å². The molecule has 0 saturated heterocycles. The quantitative estimate of drug-likeness (QED) is 0.874. The van der Waals surface area contributed by atoms with Crippen molar-refractivity contribution in [1.82, 2.24) is 4.90 Å². The number of sulfonamides is 1. The lowest BCUT2D eigenvalue weighted by atomic mass is 10.1. The molecule has 2 N–H and O–H groups in total. The molecule has 1 unspecified atom stereocenters. The third-order valence-corrected chi connectivity index (χ3v) is 4.41. The number of rotatable bonds is 5. The van der Waals surface area contributed by atoms with Crippen molar-refractivity contribution in [1.29, 1.82) is 0 Å². The largest absolute Gasteiger partial charge is 0.480 e. The topological polar surface area (TPSA) is 89.7 Å². The summed E-state index contributed by atoms with van der Waals surface area (Å²) in [5.41, 5.74) is 0.701. The van der Waals surface area contributed by atoms with Crippen molar-refractivity contribution in [2.75, 3.05) is 13.1 Å². The third-order valence-electron chi connectivity index (χ3n) is 3.50. The minimum Gasteiger partial charge on any atom is -0.480 e. The summed E-state index contributed by atoms with van der Waals surface area (Å²) in [7, 11) is -3.74. The van der Waals surface area contributed by atoms with E-state index < -0.39 is 16.1 Å². The van der Waals surface area contributed by atoms with Crippen molar-refractivity contribution in [3.8, 4) is 5.75 Å². The average molecular weight is 312 g/mol. The van der Waals surface area contributed by atoms with Crippen molar-refractivity contribution >= 4 is 15.9 Å². The lowest BCUT2D eigenvalue weighted by Gasteiger charge is -2.23. The molecule has 0 aromatic heterocycles. The Morgan fingerprint density at radius 2 is 2.14 bits per heavy atom. The predicted molar refractivity (Wildman–Crippen MR) is 78.5 cm³/mol. The molecule has 21 heavy (non-hydrogen) atoms. The second-order valence-electron chi connectivity index (χ2n) is 5.04. The molecule has 0 radical (unpaired) electrons. The molecule has 7 heteroatoms. The zero-order valence-corrected chi connectivity index (χ0v) is 13.0. The normalized spacial score (nSPS) is 17.2. The van der Waals surface area contributed by atoms with Crippen molar-refractivity contribution in [3.63, 3.8) is 0 Å². The summed E-state index contributed by atoms with van der Waals surface area (Å²) in [6, 6.07) is 4.43. The van der Waals surface area contributed by atoms with Gasteiger partial charge in [0.25, 0.3) is 5.91 Å². The summed E-state index contributed by atoms with van der Waals surface area (Å²) in [6.45, 7) is 5.26. The van der Waals surface area contributed by atoms with E-state index in [0.717, 1.165) is 6.42 Å². The Labute approximate surface area is 124 Å². The van der Waals surface area contributed by atoms with Gasteiger partial charge in [-0.25, -0.2) is 13.6 Å². The summed E-state index contributed by atoms with van der Waals surface area (Å²) >= 11 is 0. The van der Waals surface area contributed by atoms with Crippen LogP contribution >= 0.6 is 0 Å². The van der Waals surface area contributed by atoms with Gasteiger partial charge in [-0.2, -0.15) is 0 Å². The molecule has 0 bridgehead atoms. The monoisotopic (exact) mass is 312 g/mol. The zero-order valence-electron chi connectivity index (χ0n) is 12.2. The zero-order chi connectivity index (χ0) is 15.6. The van der Waals surface area contributed by atoms with Gasteiger partial charge in [0.1, 0.15) is 5.75 Å². The Kier molecular flexibility index (Phi) is 4.53. The SMILES string of the molecule is CCCN(CC)C(=O)C1Cc2cc(S(N)(=O)=O)ccc2O1. The van der Waals surface area contributed by atoms with Crippen LogP contribution in [0.5, 0.6) is 5.75 Å². The first-order valence-corrected chi connectivity index (χ1v) is 8.52. The lowest BCUT2D eigenvalue weighted by Crippen LogP contribution is -2.41. The summed E-state index contributed by atoms with van der Waals surface area (Å²) in [6.07, 6.45) is 0.675. The summed E-state index contributed by atoms with van der Waals surface area (Å²) in [4.78, 5) is 14.2. The number of carbonyl (C=O) groups excluding carboxylic acids is 1. The summed E-state index contributed by atoms with van der Waals surface area (Å²) in [5, 5.41) is 5.11. The van der Waals surface area contributed by atoms with E-state index in [1.165, 1.54) is 12.1 Å². The molecule has 1 aliphatic heterocycles. The molecule has 0 fully saturated rings. The maximum Gasteiger partial charge on any atom is 0.263 e. The Morgan fingerprint density at radius 3 is 2.71 bits per heavy atom. The molecule has 1 amide bonds. The van der Waals surface area contributed by atoms with Gasteiger partial charge < -0.3 is 9.64 Å². The highest BCUT2D eigenvalue weighted by Gasteiger charge is 2.32. The minimum absolute atomic E-state index is 0.0406. The van der Waals surface area contributed by atoms with Crippen molar-refractivity contribution < 1.29 is 17.9 Å². The number of nitrogens with zero attached hydrogens (tertiary/aromatic N) is 1. The fourth-order valence-corrected chi connectivity index (χ4v) is 3.00. The van der Waals surface area contributed by atoms with Crippen LogP contribution in [0.2, 0.25) is 0 Å². The second kappa shape index (κ2) is 6.03. The van der Waals surface area contributed by atoms with Crippen LogP contribution in [-0.4, -0.2) is 38.4 Å². The molecule has 1 aliphatic rings. The van der Waals surface area contributed by atoms with Crippen LogP contribution in [0.4, 0.5) is 0 Å². The van der Waals surface area contributed by atoms with Crippen molar-refractivity contribution in [2.45, 2.75) is 37.7 Å². The molecule has 6 nitrogen and oxygen atoms in total. The molecular weight excluding hydrogens is 292 g/mol. The minimum atomic E-state index is -3.74. The number of primary sulfonamides is 1. The van der Waals surface area contributed by atoms with Gasteiger partial charge in [0.05, 0.1) is 4.90 Å². The maximum atomic E-state index is 12.4. The van der Waals surface area contributed by atoms with Gasteiger partial charge in [-0.15, -0.1) is 0 Å². The van der Waals surface area contributed by atoms with Gasteiger partial charge in [0.2, 0.25) is 10.0 Å². The van der Waals surface area contributed by atoms with Crippen LogP contribution in [0.3, 0.4) is 0 Å². The number of fused-ring (bicyclic) bond motifs is 1. The van der Waals surface area contributed by atoms with Crippen LogP contribution < -0.4 is 9.88 Å². The van der Waals surface area contributed by atoms with Gasteiger partial charge in [-0.05, 0) is 37.1 Å². The Balaban J connectivity index is 2.18. The molecule has 116 valence electrons. The molecule has 1 aromatic carbocycles. The Bertz CT molecular complexity index is 642. The number of likely N-dealkylation sites (N-methyl/N-ethyl adjacent to an activating group) is 1. The summed E-state index contributed by atoms with van der Waals surface area (Å²) in [5.74, 6) is 0.487. The average Bonchev–Trinajstić information content (AvgIpc) is 2.85. The van der Waals surface area contributed by atoms with Crippen molar-refractivity contribution in [2.24, 2.45) is 5.14 Å². The van der Waals surface area contributed by atoms with E-state index >= 15 is 0 Å². The summed E-state index contributed by atoms with van der Waals surface area (Å²) < 4.78 is 28.3. The van der Waals surface area contributed by atoms with Crippen LogP contribution in [0, 0.1) is 0 Å². The molecule has 0 saturated carbocycles. The Hall–Kier alpha value is -1.60. The number of amides is 1. The standard InChI is InChI=1S/C14H20N2O4S/c1-3-7-16(4-2)14(17)13-9-10-8-11(21(15,18)19)5-6-12(10)20-13/h5-6,8,13H,3-4,7,9H2,1-2H3,(H2,15,18,19). The maximum absolute atomic E-state index is 12.4. The Morgan fingerprint density at radius 1 is 1.43 bits per heavy atom. The van der Waals surface area contributed by atoms with E-state index in [1.54, 1.807) is 11.0 Å². The van der Waals surface area contributed by atoms with Crippen LogP contribution in [0.15, 0.2) is 23.1 Å². The molecule has 1 heterocycles. The van der Waals surface area contributed by atoms with E-state index in [0.29, 0.717) is 30.8 Å². The van der Waals surface area contributed by atoms with Crippen LogP contribution in [0.25, 0.3) is 0 Å². The molecule has 0 aliphatic carbocycles. The van der Waals surface area contributed by atoms with E-state index in [2.05, 4.69) is 0 Å². The van der Waals surface area contributed by atoms with Gasteiger partial charge in [-0.3, -0.25) is 4.79 Å². The fraction of sp³-hybridized carbons (Fsp3) is 0.500. The van der Waals surface area contributed by atoms with E-state index in [-0.39, 0.29) is 10.8 Å². The van der Waals surface area contributed by atoms with Gasteiger partial charge in [0, 0.05) is 19.5 Å². The highest BCUT2D eigenvalue weighted by molar-refractivity contribution is 7.89. The van der Waals surface area contributed by atoms with E-state index in [4.69, 9.17) is 9.88 Å². The number of ether oxygens (including phenoxy) is 1. The van der Waals surface area contributed by atoms with Crippen LogP contribution in [-0.2, 0) is 21.2 Å². The number of carbonyl (C=O) groups is 1. The number of nitrogens with two attached hydrogens (primary N) is 1. The number of benzene rings is 1. The lowest BCUT2D eigenvalue weighted by molar-refractivity contribution is -0.137. The third kappa shape index (κ3) is 3.36. The highest BCUT2D eigenvalue weighted by Crippen LogP contribution is 2.31. The molecular formula is C14H20N2O4S. The highest BCUT2D eigenvalue weighted by atomic mass is 32.2. The first kappa shape index (κ1) is 15.8. The molecule has 1 aromatic rings. The van der Waals surface area contributed by atoms with Gasteiger partial charge in [-0.1, -0.05) is 6.92 Å². The predicted octanol–water partition coefficient (Wildman–Crippen LogP) is 0.896. The fourth-order valence-electron chi connectivity index (χ4n) is 2.44. The van der Waals surface area contributed by atoms with Crippen molar-refractivity contribution in [3.05, 3.63) is 23.8 Å². The molecule has 0 spiro atoms. The molecule has 1 atom stereocenters. The smallest absolute Gasteiger partial charge is 0.263 e. The first-order valence-electron chi connectivity index (χ1n) is 6.98. The van der Waals surface area contributed by atoms with E-state index in [1.807, 2.05) is 13.8 Å². The van der Waals surface area contributed by atoms with E-state index in [9.17, 15) is 13.2 Å². The second-order valence-corrected chi connectivity index (χ2v) is 6.60. The first-order chi connectivity index (χ1) is 9.86. The molecule has 2 rings (SSSR count). The number of hydrogen-bond acceptors (Lipinski definition) is 4. The van der Waals surface area contributed by atoms with Gasteiger partial charge in [0.15, 0.2) is 6.10 Å².